The molecular weight excluding hydrogens is 326 g/mol. The third kappa shape index (κ3) is 4.14. The van der Waals surface area contributed by atoms with Crippen molar-refractivity contribution < 1.29 is 9.59 Å². The van der Waals surface area contributed by atoms with Crippen LogP contribution in [0.4, 0.5) is 4.79 Å². The van der Waals surface area contributed by atoms with Crippen molar-refractivity contribution in [3.8, 4) is 0 Å². The third-order valence-electron chi connectivity index (χ3n) is 3.98. The Kier molecular flexibility index (Phi) is 5.14. The minimum atomic E-state index is -0.329. The lowest BCUT2D eigenvalue weighted by Crippen LogP contribution is -2.47. The summed E-state index contributed by atoms with van der Waals surface area (Å²) in [5.41, 5.74) is 1.22. The van der Waals surface area contributed by atoms with E-state index in [0.29, 0.717) is 19.6 Å². The molecule has 0 saturated heterocycles. The third-order valence-corrected chi connectivity index (χ3v) is 5.00. The second-order valence-electron chi connectivity index (χ2n) is 5.92. The van der Waals surface area contributed by atoms with Crippen molar-refractivity contribution in [1.29, 1.82) is 0 Å². The standard InChI is InChI=1S/C16H21N5O2S/c1-12(9-20-6-4-17-11-20)19-16(23)18-8-15(22)21-5-2-14-13(10-21)3-7-24-14/h3-4,6-7,11-12H,2,5,8-10H2,1H3,(H2,18,19,23)/t12-/m1/s1. The Morgan fingerprint density at radius 3 is 3.12 bits per heavy atom. The largest absolute Gasteiger partial charge is 0.336 e. The van der Waals surface area contributed by atoms with Crippen LogP contribution in [-0.4, -0.2) is 45.5 Å². The second kappa shape index (κ2) is 7.48. The van der Waals surface area contributed by atoms with Gasteiger partial charge in [0.15, 0.2) is 0 Å². The summed E-state index contributed by atoms with van der Waals surface area (Å²) in [6, 6.07) is 1.68. The van der Waals surface area contributed by atoms with Crippen molar-refractivity contribution in [2.75, 3.05) is 13.1 Å². The minimum absolute atomic E-state index is 0.0170. The van der Waals surface area contributed by atoms with E-state index in [9.17, 15) is 9.59 Å². The van der Waals surface area contributed by atoms with Gasteiger partial charge in [0.1, 0.15) is 0 Å². The van der Waals surface area contributed by atoms with Crippen LogP contribution in [0.15, 0.2) is 30.2 Å². The summed E-state index contributed by atoms with van der Waals surface area (Å²) in [4.78, 5) is 31.3. The first-order valence-corrected chi connectivity index (χ1v) is 8.83. The molecule has 8 heteroatoms. The Morgan fingerprint density at radius 1 is 1.46 bits per heavy atom. The molecule has 1 atom stereocenters. The van der Waals surface area contributed by atoms with Gasteiger partial charge in [-0.3, -0.25) is 4.79 Å². The van der Waals surface area contributed by atoms with Gasteiger partial charge in [-0.25, -0.2) is 9.78 Å². The van der Waals surface area contributed by atoms with Crippen LogP contribution < -0.4 is 10.6 Å². The number of imidazole rings is 1. The first-order chi connectivity index (χ1) is 11.6. The van der Waals surface area contributed by atoms with Gasteiger partial charge >= 0.3 is 6.03 Å². The van der Waals surface area contributed by atoms with Crippen molar-refractivity contribution in [2.45, 2.75) is 32.5 Å². The minimum Gasteiger partial charge on any atom is -0.336 e. The first kappa shape index (κ1) is 16.5. The van der Waals surface area contributed by atoms with Crippen molar-refractivity contribution in [3.05, 3.63) is 40.6 Å². The number of carbonyl (C=O) groups excluding carboxylic acids is 2. The number of hydrogen-bond acceptors (Lipinski definition) is 4. The van der Waals surface area contributed by atoms with Gasteiger partial charge in [-0.1, -0.05) is 0 Å². The summed E-state index contributed by atoms with van der Waals surface area (Å²) < 4.78 is 1.89. The van der Waals surface area contributed by atoms with Gasteiger partial charge in [0.25, 0.3) is 0 Å². The highest BCUT2D eigenvalue weighted by Gasteiger charge is 2.21. The van der Waals surface area contributed by atoms with E-state index in [1.807, 2.05) is 17.7 Å². The molecule has 128 valence electrons. The second-order valence-corrected chi connectivity index (χ2v) is 6.92. The molecule has 0 fully saturated rings. The predicted octanol–water partition coefficient (Wildman–Crippen LogP) is 1.22. The number of rotatable bonds is 5. The number of carbonyl (C=O) groups is 2. The van der Waals surface area contributed by atoms with E-state index < -0.39 is 0 Å². The average molecular weight is 347 g/mol. The van der Waals surface area contributed by atoms with E-state index in [2.05, 4.69) is 27.1 Å². The van der Waals surface area contributed by atoms with Crippen LogP contribution in [-0.2, 0) is 24.3 Å². The molecule has 3 heterocycles. The molecule has 0 saturated carbocycles. The van der Waals surface area contributed by atoms with Gasteiger partial charge in [0.05, 0.1) is 12.9 Å². The monoisotopic (exact) mass is 347 g/mol. The van der Waals surface area contributed by atoms with Crippen molar-refractivity contribution in [1.82, 2.24) is 25.1 Å². The van der Waals surface area contributed by atoms with E-state index in [4.69, 9.17) is 0 Å². The zero-order valence-electron chi connectivity index (χ0n) is 13.6. The van der Waals surface area contributed by atoms with Gasteiger partial charge in [-0.15, -0.1) is 11.3 Å². The molecule has 2 aromatic heterocycles. The van der Waals surface area contributed by atoms with Crippen LogP contribution in [0.5, 0.6) is 0 Å². The molecule has 1 aliphatic rings. The summed E-state index contributed by atoms with van der Waals surface area (Å²) in [5, 5.41) is 7.53. The Bertz CT molecular complexity index is 697. The topological polar surface area (TPSA) is 79.3 Å². The Hall–Kier alpha value is -2.35. The molecule has 2 N–H and O–H groups in total. The summed E-state index contributed by atoms with van der Waals surface area (Å²) in [6.45, 7) is 3.91. The Morgan fingerprint density at radius 2 is 2.33 bits per heavy atom. The SMILES string of the molecule is C[C@H](Cn1ccnc1)NC(=O)NCC(=O)N1CCc2sccc2C1. The van der Waals surface area contributed by atoms with Gasteiger partial charge in [0, 0.05) is 42.9 Å². The molecule has 0 unspecified atom stereocenters. The summed E-state index contributed by atoms with van der Waals surface area (Å²) in [7, 11) is 0. The fourth-order valence-corrected chi connectivity index (χ4v) is 3.65. The number of fused-ring (bicyclic) bond motifs is 1. The molecule has 2 aromatic rings. The zero-order valence-corrected chi connectivity index (χ0v) is 14.4. The summed E-state index contributed by atoms with van der Waals surface area (Å²) >= 11 is 1.74. The normalized spacial score (nSPS) is 14.8. The maximum atomic E-state index is 12.3. The van der Waals surface area contributed by atoms with Crippen LogP contribution >= 0.6 is 11.3 Å². The number of nitrogens with zero attached hydrogens (tertiary/aromatic N) is 3. The molecule has 3 rings (SSSR count). The summed E-state index contributed by atoms with van der Waals surface area (Å²) in [5.74, 6) is -0.0516. The maximum Gasteiger partial charge on any atom is 0.315 e. The van der Waals surface area contributed by atoms with Crippen LogP contribution in [0, 0.1) is 0 Å². The Labute approximate surface area is 144 Å². The number of thiophene rings is 1. The maximum absolute atomic E-state index is 12.3. The van der Waals surface area contributed by atoms with Crippen molar-refractivity contribution >= 4 is 23.3 Å². The smallest absolute Gasteiger partial charge is 0.315 e. The van der Waals surface area contributed by atoms with Gasteiger partial charge in [0.2, 0.25) is 5.91 Å². The highest BCUT2D eigenvalue weighted by Crippen LogP contribution is 2.23. The quantitative estimate of drug-likeness (QED) is 0.853. The van der Waals surface area contributed by atoms with E-state index in [0.717, 1.165) is 6.42 Å². The number of aromatic nitrogens is 2. The molecule has 0 aromatic carbocycles. The van der Waals surface area contributed by atoms with Gasteiger partial charge in [-0.05, 0) is 30.4 Å². The number of hydrogen-bond donors (Lipinski definition) is 2. The highest BCUT2D eigenvalue weighted by atomic mass is 32.1. The fraction of sp³-hybridized carbons (Fsp3) is 0.438. The molecule has 1 aliphatic heterocycles. The predicted molar refractivity (Wildman–Crippen MR) is 91.7 cm³/mol. The number of amides is 3. The zero-order chi connectivity index (χ0) is 16.9. The summed E-state index contributed by atoms with van der Waals surface area (Å²) in [6.07, 6.45) is 6.14. The molecule has 0 bridgehead atoms. The Balaban J connectivity index is 1.40. The molecule has 7 nitrogen and oxygen atoms in total. The molecule has 0 radical (unpaired) electrons. The number of urea groups is 1. The van der Waals surface area contributed by atoms with Crippen LogP contribution in [0.2, 0.25) is 0 Å². The average Bonchev–Trinajstić information content (AvgIpc) is 3.22. The molecular formula is C16H21N5O2S. The van der Waals surface area contributed by atoms with Gasteiger partial charge in [-0.2, -0.15) is 0 Å². The van der Waals surface area contributed by atoms with Gasteiger partial charge < -0.3 is 20.1 Å². The van der Waals surface area contributed by atoms with Crippen LogP contribution in [0.25, 0.3) is 0 Å². The van der Waals surface area contributed by atoms with E-state index in [1.54, 1.807) is 28.8 Å². The fourth-order valence-electron chi connectivity index (χ4n) is 2.76. The lowest BCUT2D eigenvalue weighted by molar-refractivity contribution is -0.130. The lowest BCUT2D eigenvalue weighted by atomic mass is 10.1. The molecule has 3 amide bonds. The molecule has 24 heavy (non-hydrogen) atoms. The lowest BCUT2D eigenvalue weighted by Gasteiger charge is -2.27. The van der Waals surface area contributed by atoms with Crippen LogP contribution in [0.3, 0.4) is 0 Å². The van der Waals surface area contributed by atoms with E-state index >= 15 is 0 Å². The highest BCUT2D eigenvalue weighted by molar-refractivity contribution is 7.10. The van der Waals surface area contributed by atoms with Crippen LogP contribution in [0.1, 0.15) is 17.4 Å². The van der Waals surface area contributed by atoms with Crippen molar-refractivity contribution in [3.63, 3.8) is 0 Å². The van der Waals surface area contributed by atoms with E-state index in [-0.39, 0.29) is 24.5 Å². The molecule has 0 aliphatic carbocycles. The first-order valence-electron chi connectivity index (χ1n) is 7.95. The van der Waals surface area contributed by atoms with Crippen molar-refractivity contribution in [2.24, 2.45) is 0 Å². The molecule has 0 spiro atoms. The number of nitrogens with one attached hydrogen (secondary N) is 2. The van der Waals surface area contributed by atoms with E-state index in [1.165, 1.54) is 10.4 Å².